The second-order valence-electron chi connectivity index (χ2n) is 10.2. The first kappa shape index (κ1) is 32.9. The van der Waals surface area contributed by atoms with Gasteiger partial charge in [-0.2, -0.15) is 5.26 Å². The fraction of sp³-hybridized carbons (Fsp3) is 0.615. The second-order valence-corrected chi connectivity index (χ2v) is 12.1. The number of hydrogen-bond acceptors (Lipinski definition) is 7. The third-order valence-electron chi connectivity index (χ3n) is 5.62. The number of likely N-dealkylation sites (N-methyl/N-ethyl adjacent to an activating group) is 1. The van der Waals surface area contributed by atoms with Crippen LogP contribution >= 0.6 is 0 Å². The lowest BCUT2D eigenvalue weighted by Crippen LogP contribution is -2.58. The summed E-state index contributed by atoms with van der Waals surface area (Å²) in [6.45, 7) is 10.3. The molecule has 1 aromatic carbocycles. The summed E-state index contributed by atoms with van der Waals surface area (Å²) in [4.78, 5) is 40.2. The summed E-state index contributed by atoms with van der Waals surface area (Å²) in [5.41, 5.74) is 0.444. The van der Waals surface area contributed by atoms with Crippen molar-refractivity contribution in [3.8, 4) is 6.07 Å². The first-order chi connectivity index (χ1) is 17.6. The van der Waals surface area contributed by atoms with Gasteiger partial charge in [0.15, 0.2) is 0 Å². The van der Waals surface area contributed by atoms with E-state index in [4.69, 9.17) is 10.00 Å². The molecular formula is C26H41N5O6S. The van der Waals surface area contributed by atoms with Crippen LogP contribution in [0.4, 0.5) is 4.79 Å². The van der Waals surface area contributed by atoms with Gasteiger partial charge in [0.1, 0.15) is 17.7 Å². The Bertz CT molecular complexity index is 1090. The normalized spacial score (nSPS) is 13.9. The van der Waals surface area contributed by atoms with Crippen LogP contribution in [0.2, 0.25) is 0 Å². The molecule has 0 saturated carbocycles. The van der Waals surface area contributed by atoms with E-state index in [1.54, 1.807) is 58.9 Å². The van der Waals surface area contributed by atoms with Gasteiger partial charge in [-0.15, -0.1) is 0 Å². The SMILES string of the molecule is CCCS(=O)(=O)N[C@@H](C(=O)N[C@@H](CN(C)C(=O)OC(C)(C)C)C(=O)NCc1ccc(C#N)cc1)C(C)CC. The van der Waals surface area contributed by atoms with Crippen LogP contribution in [0.5, 0.6) is 0 Å². The molecule has 0 radical (unpaired) electrons. The molecular weight excluding hydrogens is 510 g/mol. The van der Waals surface area contributed by atoms with Gasteiger partial charge in [-0.3, -0.25) is 9.59 Å². The Labute approximate surface area is 226 Å². The van der Waals surface area contributed by atoms with Crippen molar-refractivity contribution in [2.75, 3.05) is 19.3 Å². The van der Waals surface area contributed by atoms with E-state index in [1.165, 1.54) is 11.9 Å². The highest BCUT2D eigenvalue weighted by Crippen LogP contribution is 2.12. The highest BCUT2D eigenvalue weighted by atomic mass is 32.2. The molecule has 0 saturated heterocycles. The van der Waals surface area contributed by atoms with E-state index in [2.05, 4.69) is 15.4 Å². The first-order valence-corrected chi connectivity index (χ1v) is 14.3. The molecule has 3 N–H and O–H groups in total. The average Bonchev–Trinajstić information content (AvgIpc) is 2.84. The molecule has 1 unspecified atom stereocenters. The Morgan fingerprint density at radius 3 is 2.21 bits per heavy atom. The minimum Gasteiger partial charge on any atom is -0.444 e. The summed E-state index contributed by atoms with van der Waals surface area (Å²) in [6, 6.07) is 6.36. The Morgan fingerprint density at radius 1 is 1.11 bits per heavy atom. The number of rotatable bonds is 13. The minimum absolute atomic E-state index is 0.116. The third-order valence-corrected chi connectivity index (χ3v) is 7.18. The number of sulfonamides is 1. The van der Waals surface area contributed by atoms with E-state index in [9.17, 15) is 22.8 Å². The second kappa shape index (κ2) is 14.7. The molecule has 0 aliphatic rings. The molecule has 3 atom stereocenters. The zero-order valence-corrected chi connectivity index (χ0v) is 24.1. The summed E-state index contributed by atoms with van der Waals surface area (Å²) in [6.07, 6.45) is 0.212. The van der Waals surface area contributed by atoms with Gasteiger partial charge in [0.05, 0.1) is 23.9 Å². The highest BCUT2D eigenvalue weighted by Gasteiger charge is 2.33. The van der Waals surface area contributed by atoms with E-state index >= 15 is 0 Å². The number of nitriles is 1. The maximum Gasteiger partial charge on any atom is 0.410 e. The van der Waals surface area contributed by atoms with Crippen molar-refractivity contribution in [2.45, 2.75) is 78.6 Å². The van der Waals surface area contributed by atoms with Gasteiger partial charge < -0.3 is 20.3 Å². The summed E-state index contributed by atoms with van der Waals surface area (Å²) in [5.74, 6) is -1.73. The number of carbonyl (C=O) groups is 3. The van der Waals surface area contributed by atoms with Crippen molar-refractivity contribution in [1.29, 1.82) is 5.26 Å². The van der Waals surface area contributed by atoms with Crippen LogP contribution in [-0.2, 0) is 30.9 Å². The van der Waals surface area contributed by atoms with Crippen LogP contribution < -0.4 is 15.4 Å². The van der Waals surface area contributed by atoms with Crippen LogP contribution in [-0.4, -0.2) is 68.3 Å². The van der Waals surface area contributed by atoms with Gasteiger partial charge in [-0.1, -0.05) is 39.3 Å². The molecule has 1 rings (SSSR count). The maximum atomic E-state index is 13.3. The Kier molecular flexibility index (Phi) is 12.7. The smallest absolute Gasteiger partial charge is 0.410 e. The molecule has 0 aliphatic heterocycles. The lowest BCUT2D eigenvalue weighted by Gasteiger charge is -2.29. The molecule has 3 amide bonds. The van der Waals surface area contributed by atoms with E-state index < -0.39 is 45.6 Å². The van der Waals surface area contributed by atoms with Crippen molar-refractivity contribution < 1.29 is 27.5 Å². The van der Waals surface area contributed by atoms with Crippen molar-refractivity contribution in [3.63, 3.8) is 0 Å². The molecule has 12 heteroatoms. The largest absolute Gasteiger partial charge is 0.444 e. The summed E-state index contributed by atoms with van der Waals surface area (Å²) < 4.78 is 32.7. The Morgan fingerprint density at radius 2 is 1.71 bits per heavy atom. The van der Waals surface area contributed by atoms with Crippen LogP contribution in [0.3, 0.4) is 0 Å². The number of hydrogen-bond donors (Lipinski definition) is 3. The van der Waals surface area contributed by atoms with E-state index in [0.29, 0.717) is 18.4 Å². The van der Waals surface area contributed by atoms with Gasteiger partial charge in [-0.05, 0) is 50.8 Å². The molecule has 212 valence electrons. The molecule has 11 nitrogen and oxygen atoms in total. The summed E-state index contributed by atoms with van der Waals surface area (Å²) >= 11 is 0. The van der Waals surface area contributed by atoms with Crippen molar-refractivity contribution in [1.82, 2.24) is 20.3 Å². The quantitative estimate of drug-likeness (QED) is 0.339. The van der Waals surface area contributed by atoms with Crippen LogP contribution in [0.15, 0.2) is 24.3 Å². The Balaban J connectivity index is 3.14. The number of nitrogens with one attached hydrogen (secondary N) is 3. The fourth-order valence-corrected chi connectivity index (χ4v) is 4.72. The number of amides is 3. The van der Waals surface area contributed by atoms with Crippen molar-refractivity contribution >= 4 is 27.9 Å². The predicted octanol–water partition coefficient (Wildman–Crippen LogP) is 2.27. The summed E-state index contributed by atoms with van der Waals surface area (Å²) in [7, 11) is -2.27. The van der Waals surface area contributed by atoms with Crippen molar-refractivity contribution in [2.24, 2.45) is 5.92 Å². The van der Waals surface area contributed by atoms with Crippen molar-refractivity contribution in [3.05, 3.63) is 35.4 Å². The molecule has 0 spiro atoms. The molecule has 0 bridgehead atoms. The van der Waals surface area contributed by atoms with Gasteiger partial charge >= 0.3 is 6.09 Å². The Hall–Kier alpha value is -3.17. The maximum absolute atomic E-state index is 13.3. The summed E-state index contributed by atoms with van der Waals surface area (Å²) in [5, 5.41) is 14.3. The number of ether oxygens (including phenoxy) is 1. The zero-order chi connectivity index (χ0) is 29.1. The molecule has 0 fully saturated rings. The minimum atomic E-state index is -3.71. The number of benzene rings is 1. The fourth-order valence-electron chi connectivity index (χ4n) is 3.34. The van der Waals surface area contributed by atoms with E-state index in [0.717, 1.165) is 5.56 Å². The van der Waals surface area contributed by atoms with Gasteiger partial charge in [0.2, 0.25) is 21.8 Å². The van der Waals surface area contributed by atoms with Gasteiger partial charge in [0.25, 0.3) is 0 Å². The van der Waals surface area contributed by atoms with Crippen LogP contribution in [0.1, 0.15) is 65.5 Å². The molecule has 0 heterocycles. The third kappa shape index (κ3) is 11.5. The molecule has 1 aromatic rings. The number of nitrogens with zero attached hydrogens (tertiary/aromatic N) is 2. The first-order valence-electron chi connectivity index (χ1n) is 12.6. The predicted molar refractivity (Wildman–Crippen MR) is 144 cm³/mol. The van der Waals surface area contributed by atoms with E-state index in [-0.39, 0.29) is 24.8 Å². The topological polar surface area (TPSA) is 158 Å². The standard InChI is InChI=1S/C26H41N5O6S/c1-8-14-38(35,36)30-22(18(3)9-2)24(33)29-21(17-31(7)25(34)37-26(4,5)6)23(32)28-16-20-12-10-19(15-27)11-13-20/h10-13,18,21-22,30H,8-9,14,16-17H2,1-7H3,(H,28,32)(H,29,33)/t18?,21-,22+/m0/s1. The molecule has 0 aromatic heterocycles. The molecule has 38 heavy (non-hydrogen) atoms. The van der Waals surface area contributed by atoms with Gasteiger partial charge in [-0.25, -0.2) is 17.9 Å². The van der Waals surface area contributed by atoms with Crippen LogP contribution in [0.25, 0.3) is 0 Å². The van der Waals surface area contributed by atoms with E-state index in [1.807, 2.05) is 13.0 Å². The lowest BCUT2D eigenvalue weighted by molar-refractivity contribution is -0.130. The average molecular weight is 552 g/mol. The van der Waals surface area contributed by atoms with Gasteiger partial charge in [0, 0.05) is 13.6 Å². The van der Waals surface area contributed by atoms with Crippen LogP contribution in [0, 0.1) is 17.2 Å². The monoisotopic (exact) mass is 551 g/mol. The number of carbonyl (C=O) groups excluding carboxylic acids is 3. The highest BCUT2D eigenvalue weighted by molar-refractivity contribution is 7.89. The zero-order valence-electron chi connectivity index (χ0n) is 23.3. The molecule has 0 aliphatic carbocycles. The lowest BCUT2D eigenvalue weighted by atomic mass is 9.99.